The van der Waals surface area contributed by atoms with Gasteiger partial charge in [0, 0.05) is 6.54 Å². The fourth-order valence-electron chi connectivity index (χ4n) is 2.26. The van der Waals surface area contributed by atoms with Gasteiger partial charge in [-0.05, 0) is 12.8 Å². The van der Waals surface area contributed by atoms with E-state index in [1.807, 2.05) is 50.2 Å². The number of nitrogens with zero attached hydrogens (tertiary/aromatic N) is 1. The van der Waals surface area contributed by atoms with Crippen LogP contribution in [0.2, 0.25) is 0 Å². The van der Waals surface area contributed by atoms with E-state index in [9.17, 15) is 9.59 Å². The minimum absolute atomic E-state index is 0.193. The molecule has 0 spiro atoms. The van der Waals surface area contributed by atoms with Gasteiger partial charge in [0.1, 0.15) is 12.1 Å². The Balaban J connectivity index is 0.000000304. The minimum atomic E-state index is -0.980. The molecule has 5 nitrogen and oxygen atoms in total. The predicted octanol–water partition coefficient (Wildman–Crippen LogP) is 2.18. The van der Waals surface area contributed by atoms with Crippen LogP contribution in [0, 0.1) is 0 Å². The Hall–Kier alpha value is -1.88. The Morgan fingerprint density at radius 1 is 1.19 bits per heavy atom. The zero-order chi connectivity index (χ0) is 15.7. The summed E-state index contributed by atoms with van der Waals surface area (Å²) >= 11 is 0. The molecule has 1 N–H and O–H groups in total. The molecule has 0 atom stereocenters. The molecule has 1 aliphatic heterocycles. The van der Waals surface area contributed by atoms with Crippen LogP contribution in [0.1, 0.15) is 26.7 Å². The van der Waals surface area contributed by atoms with Crippen molar-refractivity contribution in [2.45, 2.75) is 32.3 Å². The summed E-state index contributed by atoms with van der Waals surface area (Å²) in [6.45, 7) is 4.31. The molecule has 0 bridgehead atoms. The number of morpholine rings is 1. The van der Waals surface area contributed by atoms with Crippen LogP contribution in [0.5, 0.6) is 0 Å². The van der Waals surface area contributed by atoms with E-state index in [1.54, 1.807) is 0 Å². The average molecular weight is 293 g/mol. The molecule has 5 heteroatoms. The topological polar surface area (TPSA) is 66.8 Å². The SMILES string of the molecule is CCC1(CC)OCCN(CC(=O)O)C1=O.c1ccccc1. The number of benzene rings is 1. The number of carboxylic acids is 1. The van der Waals surface area contributed by atoms with E-state index in [0.717, 1.165) is 0 Å². The van der Waals surface area contributed by atoms with Crippen LogP contribution in [-0.2, 0) is 14.3 Å². The second-order valence-corrected chi connectivity index (χ2v) is 4.83. The molecular formula is C16H23NO4. The lowest BCUT2D eigenvalue weighted by atomic mass is 9.94. The summed E-state index contributed by atoms with van der Waals surface area (Å²) < 4.78 is 5.50. The molecule has 1 aromatic rings. The molecule has 0 saturated carbocycles. The first kappa shape index (κ1) is 17.2. The fraction of sp³-hybridized carbons (Fsp3) is 0.500. The van der Waals surface area contributed by atoms with Crippen LogP contribution in [0.4, 0.5) is 0 Å². The van der Waals surface area contributed by atoms with Crippen LogP contribution in [0.3, 0.4) is 0 Å². The van der Waals surface area contributed by atoms with Crippen LogP contribution in [-0.4, -0.2) is 47.2 Å². The van der Waals surface area contributed by atoms with Gasteiger partial charge in [0.15, 0.2) is 0 Å². The van der Waals surface area contributed by atoms with Crippen molar-refractivity contribution >= 4 is 11.9 Å². The second-order valence-electron chi connectivity index (χ2n) is 4.83. The fourth-order valence-corrected chi connectivity index (χ4v) is 2.26. The number of carboxylic acid groups (broad SMARTS) is 1. The normalized spacial score (nSPS) is 16.9. The number of hydrogen-bond acceptors (Lipinski definition) is 3. The van der Waals surface area contributed by atoms with E-state index in [0.29, 0.717) is 26.0 Å². The van der Waals surface area contributed by atoms with Crippen LogP contribution in [0.15, 0.2) is 36.4 Å². The van der Waals surface area contributed by atoms with E-state index >= 15 is 0 Å². The molecule has 0 aliphatic carbocycles. The molecule has 116 valence electrons. The Morgan fingerprint density at radius 3 is 2.05 bits per heavy atom. The predicted molar refractivity (Wildman–Crippen MR) is 79.9 cm³/mol. The number of hydrogen-bond donors (Lipinski definition) is 1. The highest BCUT2D eigenvalue weighted by Crippen LogP contribution is 2.26. The smallest absolute Gasteiger partial charge is 0.323 e. The van der Waals surface area contributed by atoms with Gasteiger partial charge >= 0.3 is 5.97 Å². The lowest BCUT2D eigenvalue weighted by molar-refractivity contribution is -0.175. The summed E-state index contributed by atoms with van der Waals surface area (Å²) in [6.07, 6.45) is 1.16. The molecule has 1 saturated heterocycles. The molecule has 1 aliphatic rings. The number of ether oxygens (including phenoxy) is 1. The monoisotopic (exact) mass is 293 g/mol. The van der Waals surface area contributed by atoms with Gasteiger partial charge in [-0.2, -0.15) is 0 Å². The Kier molecular flexibility index (Phi) is 6.88. The lowest BCUT2D eigenvalue weighted by Gasteiger charge is -2.40. The van der Waals surface area contributed by atoms with Crippen LogP contribution >= 0.6 is 0 Å². The second kappa shape index (κ2) is 8.42. The highest BCUT2D eigenvalue weighted by molar-refractivity contribution is 5.88. The van der Waals surface area contributed by atoms with Crippen molar-refractivity contribution in [3.63, 3.8) is 0 Å². The van der Waals surface area contributed by atoms with Gasteiger partial charge in [0.2, 0.25) is 0 Å². The minimum Gasteiger partial charge on any atom is -0.480 e. The van der Waals surface area contributed by atoms with Gasteiger partial charge in [0.05, 0.1) is 6.61 Å². The maximum atomic E-state index is 12.0. The maximum absolute atomic E-state index is 12.0. The van der Waals surface area contributed by atoms with Crippen molar-refractivity contribution in [2.75, 3.05) is 19.7 Å². The molecule has 1 amide bonds. The zero-order valence-corrected chi connectivity index (χ0v) is 12.6. The number of rotatable bonds is 4. The molecular weight excluding hydrogens is 270 g/mol. The Morgan fingerprint density at radius 2 is 1.67 bits per heavy atom. The Bertz CT molecular complexity index is 416. The number of aliphatic carboxylic acids is 1. The number of amides is 1. The van der Waals surface area contributed by atoms with E-state index in [1.165, 1.54) is 4.90 Å². The molecule has 21 heavy (non-hydrogen) atoms. The van der Waals surface area contributed by atoms with Gasteiger partial charge in [-0.25, -0.2) is 0 Å². The molecule has 0 aromatic heterocycles. The van der Waals surface area contributed by atoms with Crippen LogP contribution in [0.25, 0.3) is 0 Å². The van der Waals surface area contributed by atoms with E-state index in [-0.39, 0.29) is 12.5 Å². The van der Waals surface area contributed by atoms with Gasteiger partial charge in [-0.1, -0.05) is 50.2 Å². The number of carbonyl (C=O) groups excluding carboxylic acids is 1. The van der Waals surface area contributed by atoms with Crippen molar-refractivity contribution in [3.05, 3.63) is 36.4 Å². The summed E-state index contributed by atoms with van der Waals surface area (Å²) in [4.78, 5) is 23.9. The summed E-state index contributed by atoms with van der Waals surface area (Å²) in [7, 11) is 0. The molecule has 2 rings (SSSR count). The molecule has 1 fully saturated rings. The van der Waals surface area contributed by atoms with Gasteiger partial charge in [-0.15, -0.1) is 0 Å². The number of carbonyl (C=O) groups is 2. The standard InChI is InChI=1S/C10H17NO4.C6H6/c1-3-10(4-2)9(14)11(5-6-15-10)7-8(12)13;1-2-4-6-5-3-1/h3-7H2,1-2H3,(H,12,13);1-6H. The van der Waals surface area contributed by atoms with E-state index in [4.69, 9.17) is 9.84 Å². The summed E-state index contributed by atoms with van der Waals surface area (Å²) in [5.74, 6) is -1.17. The summed E-state index contributed by atoms with van der Waals surface area (Å²) in [5, 5.41) is 8.66. The third-order valence-corrected chi connectivity index (χ3v) is 3.55. The van der Waals surface area contributed by atoms with Crippen LogP contribution < -0.4 is 0 Å². The quantitative estimate of drug-likeness (QED) is 0.924. The average Bonchev–Trinajstić information content (AvgIpc) is 2.52. The highest BCUT2D eigenvalue weighted by Gasteiger charge is 2.42. The summed E-state index contributed by atoms with van der Waals surface area (Å²) in [6, 6.07) is 12.0. The third kappa shape index (κ3) is 4.86. The Labute approximate surface area is 125 Å². The van der Waals surface area contributed by atoms with Gasteiger partial charge in [-0.3, -0.25) is 9.59 Å². The van der Waals surface area contributed by atoms with E-state index < -0.39 is 11.6 Å². The van der Waals surface area contributed by atoms with Crippen molar-refractivity contribution in [1.82, 2.24) is 4.90 Å². The molecule has 0 radical (unpaired) electrons. The molecule has 1 heterocycles. The lowest BCUT2D eigenvalue weighted by Crippen LogP contribution is -2.57. The zero-order valence-electron chi connectivity index (χ0n) is 12.6. The molecule has 1 aromatic carbocycles. The van der Waals surface area contributed by atoms with Crippen molar-refractivity contribution in [1.29, 1.82) is 0 Å². The largest absolute Gasteiger partial charge is 0.480 e. The van der Waals surface area contributed by atoms with Crippen molar-refractivity contribution < 1.29 is 19.4 Å². The maximum Gasteiger partial charge on any atom is 0.323 e. The summed E-state index contributed by atoms with van der Waals surface area (Å²) in [5.41, 5.74) is -0.798. The first-order valence-electron chi connectivity index (χ1n) is 7.21. The molecule has 0 unspecified atom stereocenters. The van der Waals surface area contributed by atoms with Gasteiger partial charge < -0.3 is 14.7 Å². The highest BCUT2D eigenvalue weighted by atomic mass is 16.5. The van der Waals surface area contributed by atoms with Crippen molar-refractivity contribution in [2.24, 2.45) is 0 Å². The van der Waals surface area contributed by atoms with Crippen molar-refractivity contribution in [3.8, 4) is 0 Å². The first-order chi connectivity index (χ1) is 10.1. The first-order valence-corrected chi connectivity index (χ1v) is 7.21. The van der Waals surface area contributed by atoms with Gasteiger partial charge in [0.25, 0.3) is 5.91 Å². The van der Waals surface area contributed by atoms with E-state index in [2.05, 4.69) is 0 Å². The third-order valence-electron chi connectivity index (χ3n) is 3.55.